The van der Waals surface area contributed by atoms with Crippen LogP contribution in [0.5, 0.6) is 0 Å². The number of carbonyl (C=O) groups excluding carboxylic acids is 1. The van der Waals surface area contributed by atoms with Crippen LogP contribution in [0.15, 0.2) is 49.1 Å². The Morgan fingerprint density at radius 2 is 1.86 bits per heavy atom. The van der Waals surface area contributed by atoms with E-state index in [1.165, 1.54) is 5.56 Å². The van der Waals surface area contributed by atoms with Crippen LogP contribution in [0.4, 0.5) is 0 Å². The van der Waals surface area contributed by atoms with Crippen LogP contribution in [0, 0.1) is 12.8 Å². The molecule has 1 saturated heterocycles. The van der Waals surface area contributed by atoms with E-state index >= 15 is 0 Å². The van der Waals surface area contributed by atoms with Gasteiger partial charge in [0.2, 0.25) is 0 Å². The summed E-state index contributed by atoms with van der Waals surface area (Å²) in [7, 11) is 2.02. The van der Waals surface area contributed by atoms with E-state index in [0.29, 0.717) is 5.92 Å². The number of aromatic nitrogens is 4. The summed E-state index contributed by atoms with van der Waals surface area (Å²) in [5, 5.41) is 0. The highest BCUT2D eigenvalue weighted by Crippen LogP contribution is 2.25. The van der Waals surface area contributed by atoms with Gasteiger partial charge in [0.1, 0.15) is 5.82 Å². The van der Waals surface area contributed by atoms with E-state index in [9.17, 15) is 4.79 Å². The third kappa shape index (κ3) is 3.81. The van der Waals surface area contributed by atoms with Crippen LogP contribution in [-0.4, -0.2) is 43.4 Å². The number of hydrogen-bond acceptors (Lipinski definition) is 4. The maximum Gasteiger partial charge on any atom is 0.253 e. The van der Waals surface area contributed by atoms with Crippen molar-refractivity contribution in [2.75, 3.05) is 13.1 Å². The monoisotopic (exact) mass is 375 g/mol. The van der Waals surface area contributed by atoms with Crippen molar-refractivity contribution in [3.8, 4) is 11.4 Å². The Labute approximate surface area is 165 Å². The standard InChI is InChI=1S/C22H25N5O/c1-16-25-15-21(26(16)2)20-14-18(3-10-24-20)13-17-6-11-27(12-7-17)22(28)19-4-8-23-9-5-19/h3-5,8-10,14-15,17H,6-7,11-13H2,1-2H3. The second kappa shape index (κ2) is 7.92. The largest absolute Gasteiger partial charge is 0.339 e. The molecule has 0 radical (unpaired) electrons. The first-order valence-electron chi connectivity index (χ1n) is 9.74. The number of pyridine rings is 2. The lowest BCUT2D eigenvalue weighted by molar-refractivity contribution is 0.0690. The van der Waals surface area contributed by atoms with Crippen molar-refractivity contribution in [1.82, 2.24) is 24.4 Å². The SMILES string of the molecule is Cc1ncc(-c2cc(CC3CCN(C(=O)c4ccncc4)CC3)ccn2)n1C. The predicted octanol–water partition coefficient (Wildman–Crippen LogP) is 3.28. The molecule has 1 fully saturated rings. The third-order valence-corrected chi connectivity index (χ3v) is 5.66. The van der Waals surface area contributed by atoms with Crippen LogP contribution in [0.1, 0.15) is 34.6 Å². The van der Waals surface area contributed by atoms with E-state index in [1.54, 1.807) is 24.5 Å². The lowest BCUT2D eigenvalue weighted by Gasteiger charge is -2.32. The highest BCUT2D eigenvalue weighted by Gasteiger charge is 2.24. The molecule has 6 nitrogen and oxygen atoms in total. The van der Waals surface area contributed by atoms with Crippen LogP contribution in [-0.2, 0) is 13.5 Å². The van der Waals surface area contributed by atoms with Crippen molar-refractivity contribution in [2.24, 2.45) is 13.0 Å². The van der Waals surface area contributed by atoms with Crippen molar-refractivity contribution in [1.29, 1.82) is 0 Å². The Hall–Kier alpha value is -3.02. The number of nitrogens with zero attached hydrogens (tertiary/aromatic N) is 5. The molecule has 28 heavy (non-hydrogen) atoms. The lowest BCUT2D eigenvalue weighted by atomic mass is 9.90. The number of likely N-dealkylation sites (tertiary alicyclic amines) is 1. The molecule has 0 saturated carbocycles. The van der Waals surface area contributed by atoms with E-state index in [2.05, 4.69) is 31.7 Å². The molecule has 1 aliphatic rings. The van der Waals surface area contributed by atoms with Gasteiger partial charge in [0.15, 0.2) is 0 Å². The molecule has 0 spiro atoms. The molecule has 0 bridgehead atoms. The number of rotatable bonds is 4. The normalized spacial score (nSPS) is 15.0. The van der Waals surface area contributed by atoms with E-state index in [-0.39, 0.29) is 5.91 Å². The number of imidazole rings is 1. The van der Waals surface area contributed by atoms with Crippen molar-refractivity contribution in [3.05, 3.63) is 66.0 Å². The van der Waals surface area contributed by atoms with Crippen LogP contribution < -0.4 is 0 Å². The molecule has 0 N–H and O–H groups in total. The zero-order valence-corrected chi connectivity index (χ0v) is 16.4. The average molecular weight is 375 g/mol. The zero-order chi connectivity index (χ0) is 19.5. The van der Waals surface area contributed by atoms with Gasteiger partial charge in [-0.15, -0.1) is 0 Å². The Bertz CT molecular complexity index is 958. The van der Waals surface area contributed by atoms with E-state index in [0.717, 1.165) is 55.1 Å². The highest BCUT2D eigenvalue weighted by molar-refractivity contribution is 5.94. The number of piperidine rings is 1. The molecule has 1 amide bonds. The Morgan fingerprint density at radius 1 is 1.11 bits per heavy atom. The van der Waals surface area contributed by atoms with Gasteiger partial charge in [-0.2, -0.15) is 0 Å². The summed E-state index contributed by atoms with van der Waals surface area (Å²) in [5.41, 5.74) is 4.02. The van der Waals surface area contributed by atoms with Crippen molar-refractivity contribution in [2.45, 2.75) is 26.2 Å². The quantitative estimate of drug-likeness (QED) is 0.702. The minimum absolute atomic E-state index is 0.110. The molecule has 144 valence electrons. The van der Waals surface area contributed by atoms with E-state index in [1.807, 2.05) is 31.3 Å². The van der Waals surface area contributed by atoms with Gasteiger partial charge in [0.05, 0.1) is 17.6 Å². The molecule has 6 heteroatoms. The Morgan fingerprint density at radius 3 is 2.54 bits per heavy atom. The maximum absolute atomic E-state index is 12.6. The Balaban J connectivity index is 1.38. The molecule has 0 aliphatic carbocycles. The lowest BCUT2D eigenvalue weighted by Crippen LogP contribution is -2.38. The molecular formula is C22H25N5O. The van der Waals surface area contributed by atoms with Crippen LogP contribution >= 0.6 is 0 Å². The number of hydrogen-bond donors (Lipinski definition) is 0. The van der Waals surface area contributed by atoms with Gasteiger partial charge >= 0.3 is 0 Å². The van der Waals surface area contributed by atoms with Gasteiger partial charge < -0.3 is 9.47 Å². The number of amides is 1. The van der Waals surface area contributed by atoms with Gasteiger partial charge in [-0.1, -0.05) is 0 Å². The zero-order valence-electron chi connectivity index (χ0n) is 16.4. The first kappa shape index (κ1) is 18.3. The summed E-state index contributed by atoms with van der Waals surface area (Å²) in [4.78, 5) is 27.4. The first-order chi connectivity index (χ1) is 13.6. The molecular weight excluding hydrogens is 350 g/mol. The van der Waals surface area contributed by atoms with E-state index < -0.39 is 0 Å². The van der Waals surface area contributed by atoms with Gasteiger partial charge in [0, 0.05) is 44.3 Å². The number of carbonyl (C=O) groups is 1. The van der Waals surface area contributed by atoms with Crippen LogP contribution in [0.3, 0.4) is 0 Å². The molecule has 1 aliphatic heterocycles. The van der Waals surface area contributed by atoms with Gasteiger partial charge in [-0.05, 0) is 61.9 Å². The molecule has 0 atom stereocenters. The van der Waals surface area contributed by atoms with Crippen LogP contribution in [0.25, 0.3) is 11.4 Å². The second-order valence-electron chi connectivity index (χ2n) is 7.47. The number of aryl methyl sites for hydroxylation is 1. The summed E-state index contributed by atoms with van der Waals surface area (Å²) < 4.78 is 2.06. The highest BCUT2D eigenvalue weighted by atomic mass is 16.2. The fourth-order valence-electron chi connectivity index (χ4n) is 3.83. The van der Waals surface area contributed by atoms with Crippen molar-refractivity contribution in [3.63, 3.8) is 0 Å². The topological polar surface area (TPSA) is 63.9 Å². The summed E-state index contributed by atoms with van der Waals surface area (Å²) in [6.45, 7) is 3.61. The van der Waals surface area contributed by atoms with E-state index in [4.69, 9.17) is 0 Å². The van der Waals surface area contributed by atoms with Crippen molar-refractivity contribution >= 4 is 5.91 Å². The summed E-state index contributed by atoms with van der Waals surface area (Å²) in [6, 6.07) is 7.84. The fourth-order valence-corrected chi connectivity index (χ4v) is 3.83. The van der Waals surface area contributed by atoms with Gasteiger partial charge in [-0.25, -0.2) is 4.98 Å². The third-order valence-electron chi connectivity index (χ3n) is 5.66. The second-order valence-corrected chi connectivity index (χ2v) is 7.47. The Kier molecular flexibility index (Phi) is 5.19. The first-order valence-corrected chi connectivity index (χ1v) is 9.74. The van der Waals surface area contributed by atoms with Crippen LogP contribution in [0.2, 0.25) is 0 Å². The average Bonchev–Trinajstić information content (AvgIpc) is 3.07. The minimum Gasteiger partial charge on any atom is -0.339 e. The molecule has 0 aromatic carbocycles. The summed E-state index contributed by atoms with van der Waals surface area (Å²) >= 11 is 0. The molecule has 3 aromatic heterocycles. The molecule has 0 unspecified atom stereocenters. The smallest absolute Gasteiger partial charge is 0.253 e. The molecule has 3 aromatic rings. The summed E-state index contributed by atoms with van der Waals surface area (Å²) in [6.07, 6.45) is 10.2. The molecule has 4 heterocycles. The maximum atomic E-state index is 12.6. The minimum atomic E-state index is 0.110. The van der Waals surface area contributed by atoms with Crippen molar-refractivity contribution < 1.29 is 4.79 Å². The summed E-state index contributed by atoms with van der Waals surface area (Å²) in [5.74, 6) is 1.68. The predicted molar refractivity (Wildman–Crippen MR) is 108 cm³/mol. The molecule has 4 rings (SSSR count). The fraction of sp³-hybridized carbons (Fsp3) is 0.364. The van der Waals surface area contributed by atoms with Gasteiger partial charge in [-0.3, -0.25) is 14.8 Å². The van der Waals surface area contributed by atoms with Gasteiger partial charge in [0.25, 0.3) is 5.91 Å².